The smallest absolute Gasteiger partial charge is 0.0470 e. The zero-order valence-electron chi connectivity index (χ0n) is 14.0. The van der Waals surface area contributed by atoms with Crippen molar-refractivity contribution in [2.75, 3.05) is 13.1 Å². The molecule has 2 aromatic rings. The Kier molecular flexibility index (Phi) is 3.74. The number of nitrogens with zero attached hydrogens (tertiary/aromatic N) is 1. The zero-order valence-corrected chi connectivity index (χ0v) is 14.7. The average Bonchev–Trinajstić information content (AvgIpc) is 2.88. The van der Waals surface area contributed by atoms with Gasteiger partial charge >= 0.3 is 0 Å². The number of aryl methyl sites for hydroxylation is 1. The zero-order chi connectivity index (χ0) is 16.0. The van der Waals surface area contributed by atoms with E-state index in [2.05, 4.69) is 61.2 Å². The second-order valence-corrected chi connectivity index (χ2v) is 8.00. The Labute approximate surface area is 144 Å². The van der Waals surface area contributed by atoms with E-state index in [1.165, 1.54) is 35.2 Å². The van der Waals surface area contributed by atoms with Crippen molar-refractivity contribution in [1.29, 1.82) is 0 Å². The van der Waals surface area contributed by atoms with E-state index in [0.717, 1.165) is 24.5 Å². The number of benzene rings is 2. The lowest BCUT2D eigenvalue weighted by atomic mass is 9.67. The van der Waals surface area contributed by atoms with E-state index in [9.17, 15) is 0 Å². The molecule has 0 radical (unpaired) electrons. The molecule has 1 aliphatic carbocycles. The summed E-state index contributed by atoms with van der Waals surface area (Å²) in [4.78, 5) is 2.63. The van der Waals surface area contributed by atoms with E-state index in [0.29, 0.717) is 11.3 Å². The maximum atomic E-state index is 6.60. The predicted molar refractivity (Wildman–Crippen MR) is 97.1 cm³/mol. The summed E-state index contributed by atoms with van der Waals surface area (Å²) in [6.07, 6.45) is 2.38. The van der Waals surface area contributed by atoms with Crippen molar-refractivity contribution in [1.82, 2.24) is 4.90 Å². The van der Waals surface area contributed by atoms with E-state index in [-0.39, 0.29) is 0 Å². The highest BCUT2D eigenvalue weighted by molar-refractivity contribution is 6.32. The van der Waals surface area contributed by atoms with Crippen molar-refractivity contribution < 1.29 is 0 Å². The molecule has 0 N–H and O–H groups in total. The van der Waals surface area contributed by atoms with Gasteiger partial charge in [0.05, 0.1) is 0 Å². The van der Waals surface area contributed by atoms with Crippen molar-refractivity contribution in [3.8, 4) is 0 Å². The van der Waals surface area contributed by atoms with E-state index >= 15 is 0 Å². The molecule has 0 bridgehead atoms. The van der Waals surface area contributed by atoms with Gasteiger partial charge in [0.25, 0.3) is 0 Å². The number of hydrogen-bond donors (Lipinski definition) is 0. The van der Waals surface area contributed by atoms with Crippen LogP contribution in [0.3, 0.4) is 0 Å². The van der Waals surface area contributed by atoms with Crippen LogP contribution in [0.25, 0.3) is 0 Å². The maximum absolute atomic E-state index is 6.60. The molecule has 0 unspecified atom stereocenters. The molecule has 2 aromatic carbocycles. The molecule has 1 fully saturated rings. The van der Waals surface area contributed by atoms with Gasteiger partial charge in [0, 0.05) is 30.6 Å². The Balaban J connectivity index is 1.63. The van der Waals surface area contributed by atoms with Gasteiger partial charge < -0.3 is 0 Å². The van der Waals surface area contributed by atoms with Crippen molar-refractivity contribution >= 4 is 11.6 Å². The van der Waals surface area contributed by atoms with Gasteiger partial charge in [-0.2, -0.15) is 0 Å². The van der Waals surface area contributed by atoms with Gasteiger partial charge in [0.1, 0.15) is 0 Å². The van der Waals surface area contributed by atoms with Gasteiger partial charge in [-0.3, -0.25) is 4.90 Å². The van der Waals surface area contributed by atoms with Gasteiger partial charge in [-0.25, -0.2) is 0 Å². The van der Waals surface area contributed by atoms with Gasteiger partial charge in [-0.05, 0) is 47.4 Å². The summed E-state index contributed by atoms with van der Waals surface area (Å²) in [5.74, 6) is 0.619. The number of fused-ring (bicyclic) bond motifs is 3. The Morgan fingerprint density at radius 2 is 1.96 bits per heavy atom. The third kappa shape index (κ3) is 2.60. The molecule has 0 spiro atoms. The Bertz CT molecular complexity index is 724. The van der Waals surface area contributed by atoms with Gasteiger partial charge in [-0.1, -0.05) is 61.0 Å². The second-order valence-electron chi connectivity index (χ2n) is 7.63. The topological polar surface area (TPSA) is 3.24 Å². The van der Waals surface area contributed by atoms with Crippen molar-refractivity contribution in [3.05, 3.63) is 69.7 Å². The van der Waals surface area contributed by atoms with Crippen molar-refractivity contribution in [2.45, 2.75) is 39.2 Å². The molecule has 0 saturated carbocycles. The van der Waals surface area contributed by atoms with Gasteiger partial charge in [0.15, 0.2) is 0 Å². The van der Waals surface area contributed by atoms with E-state index < -0.39 is 0 Å². The minimum absolute atomic E-state index is 0.389. The first-order chi connectivity index (χ1) is 11.1. The van der Waals surface area contributed by atoms with Crippen LogP contribution in [0.5, 0.6) is 0 Å². The van der Waals surface area contributed by atoms with Crippen LogP contribution in [-0.2, 0) is 13.0 Å². The first-order valence-electron chi connectivity index (χ1n) is 8.61. The molecule has 1 nitrogen and oxygen atoms in total. The molecule has 0 aromatic heterocycles. The molecule has 1 saturated heterocycles. The lowest BCUT2D eigenvalue weighted by Crippen LogP contribution is -2.30. The molecule has 0 amide bonds. The first kappa shape index (κ1) is 15.2. The van der Waals surface area contributed by atoms with Crippen LogP contribution in [0.1, 0.15) is 41.5 Å². The predicted octanol–water partition coefficient (Wildman–Crippen LogP) is 5.20. The number of rotatable bonds is 2. The molecule has 2 heteroatoms. The standard InChI is InChI=1S/C21H24ClN/c1-15-8-9-17-18(20(15)22)10-11-21(2)14-23(13-19(17)21)12-16-6-4-3-5-7-16/h3-9,19H,10-14H2,1-2H3/t19-,21+/m0/s1. The van der Waals surface area contributed by atoms with Crippen molar-refractivity contribution in [3.63, 3.8) is 0 Å². The average molecular weight is 326 g/mol. The Hall–Kier alpha value is -1.31. The fourth-order valence-corrected chi connectivity index (χ4v) is 4.86. The number of hydrogen-bond acceptors (Lipinski definition) is 1. The molecule has 4 rings (SSSR count). The molecule has 1 aliphatic heterocycles. The van der Waals surface area contributed by atoms with E-state index in [1.807, 2.05) is 0 Å². The fraction of sp³-hybridized carbons (Fsp3) is 0.429. The fourth-order valence-electron chi connectivity index (χ4n) is 4.60. The summed E-state index contributed by atoms with van der Waals surface area (Å²) in [5.41, 5.74) is 5.94. The first-order valence-corrected chi connectivity index (χ1v) is 8.99. The normalized spacial score (nSPS) is 26.8. The summed E-state index contributed by atoms with van der Waals surface area (Å²) in [5, 5.41) is 1.01. The maximum Gasteiger partial charge on any atom is 0.0470 e. The summed E-state index contributed by atoms with van der Waals surface area (Å²) in [6.45, 7) is 7.99. The highest BCUT2D eigenvalue weighted by atomic mass is 35.5. The minimum atomic E-state index is 0.389. The largest absolute Gasteiger partial charge is 0.298 e. The van der Waals surface area contributed by atoms with Gasteiger partial charge in [-0.15, -0.1) is 0 Å². The van der Waals surface area contributed by atoms with Crippen molar-refractivity contribution in [2.24, 2.45) is 5.41 Å². The van der Waals surface area contributed by atoms with Crippen LogP contribution >= 0.6 is 11.6 Å². The minimum Gasteiger partial charge on any atom is -0.298 e. The third-order valence-corrected chi connectivity index (χ3v) is 6.44. The molecule has 23 heavy (non-hydrogen) atoms. The number of likely N-dealkylation sites (tertiary alicyclic amines) is 1. The van der Waals surface area contributed by atoms with Gasteiger partial charge in [0.2, 0.25) is 0 Å². The molecule has 1 heterocycles. The summed E-state index contributed by atoms with van der Waals surface area (Å²) in [6, 6.07) is 15.4. The van der Waals surface area contributed by atoms with Crippen LogP contribution < -0.4 is 0 Å². The third-order valence-electron chi connectivity index (χ3n) is 5.91. The molecular weight excluding hydrogens is 302 g/mol. The number of halogens is 1. The van der Waals surface area contributed by atoms with E-state index in [4.69, 9.17) is 11.6 Å². The summed E-state index contributed by atoms with van der Waals surface area (Å²) < 4.78 is 0. The lowest BCUT2D eigenvalue weighted by Gasteiger charge is -2.37. The second kappa shape index (κ2) is 5.65. The van der Waals surface area contributed by atoms with Crippen LogP contribution in [-0.4, -0.2) is 18.0 Å². The monoisotopic (exact) mass is 325 g/mol. The summed E-state index contributed by atoms with van der Waals surface area (Å²) in [7, 11) is 0. The molecule has 2 atom stereocenters. The SMILES string of the molecule is Cc1ccc2c(c1Cl)CC[C@]1(C)CN(Cc3ccccc3)C[C@@H]21. The molecule has 2 aliphatic rings. The quantitative estimate of drug-likeness (QED) is 0.733. The summed E-state index contributed by atoms with van der Waals surface area (Å²) >= 11 is 6.60. The van der Waals surface area contributed by atoms with Crippen LogP contribution in [0, 0.1) is 12.3 Å². The highest BCUT2D eigenvalue weighted by Gasteiger charge is 2.46. The van der Waals surface area contributed by atoms with Crippen LogP contribution in [0.15, 0.2) is 42.5 Å². The highest BCUT2D eigenvalue weighted by Crippen LogP contribution is 2.51. The molecule has 120 valence electrons. The van der Waals surface area contributed by atoms with E-state index in [1.54, 1.807) is 0 Å². The Morgan fingerprint density at radius 1 is 1.17 bits per heavy atom. The molecular formula is C21H24ClN. The lowest BCUT2D eigenvalue weighted by molar-refractivity contribution is 0.240. The van der Waals surface area contributed by atoms with Crippen LogP contribution in [0.2, 0.25) is 5.02 Å². The van der Waals surface area contributed by atoms with Crippen LogP contribution in [0.4, 0.5) is 0 Å². The Morgan fingerprint density at radius 3 is 2.74 bits per heavy atom.